The Hall–Kier alpha value is -1.70. The smallest absolute Gasteiger partial charge is 0.165 e. The summed E-state index contributed by atoms with van der Waals surface area (Å²) >= 11 is 0. The molecule has 2 N–H and O–H groups in total. The van der Waals surface area contributed by atoms with Crippen molar-refractivity contribution in [1.29, 1.82) is 0 Å². The van der Waals surface area contributed by atoms with E-state index in [0.29, 0.717) is 5.39 Å². The van der Waals surface area contributed by atoms with Gasteiger partial charge >= 0.3 is 0 Å². The van der Waals surface area contributed by atoms with Crippen LogP contribution in [0.15, 0.2) is 30.3 Å². The first kappa shape index (κ1) is 10.8. The van der Waals surface area contributed by atoms with Crippen LogP contribution in [0.5, 0.6) is 11.5 Å². The van der Waals surface area contributed by atoms with Crippen molar-refractivity contribution in [3.8, 4) is 11.5 Å². The fourth-order valence-corrected chi connectivity index (χ4v) is 1.98. The molecule has 0 aliphatic carbocycles. The molecule has 0 spiro atoms. The van der Waals surface area contributed by atoms with Crippen molar-refractivity contribution in [2.45, 2.75) is 26.2 Å². The molecule has 2 aromatic rings. The lowest BCUT2D eigenvalue weighted by atomic mass is 9.83. The van der Waals surface area contributed by atoms with E-state index in [1.807, 2.05) is 18.2 Å². The second kappa shape index (κ2) is 3.41. The van der Waals surface area contributed by atoms with Gasteiger partial charge in [0.15, 0.2) is 11.5 Å². The van der Waals surface area contributed by atoms with Crippen LogP contribution < -0.4 is 0 Å². The third-order valence-corrected chi connectivity index (χ3v) is 2.82. The zero-order chi connectivity index (χ0) is 11.9. The van der Waals surface area contributed by atoms with Gasteiger partial charge in [0.05, 0.1) is 0 Å². The van der Waals surface area contributed by atoms with Crippen molar-refractivity contribution in [2.24, 2.45) is 0 Å². The molecule has 0 saturated heterocycles. The van der Waals surface area contributed by atoms with Gasteiger partial charge in [0.2, 0.25) is 0 Å². The summed E-state index contributed by atoms with van der Waals surface area (Å²) in [7, 11) is 0. The summed E-state index contributed by atoms with van der Waals surface area (Å²) < 4.78 is 0. The first-order valence-electron chi connectivity index (χ1n) is 5.35. The summed E-state index contributed by atoms with van der Waals surface area (Å²) in [4.78, 5) is 0. The number of aromatic hydroxyl groups is 2. The van der Waals surface area contributed by atoms with Gasteiger partial charge in [-0.2, -0.15) is 0 Å². The highest BCUT2D eigenvalue weighted by Gasteiger charge is 2.18. The third kappa shape index (κ3) is 1.60. The number of fused-ring (bicyclic) bond motifs is 1. The second-order valence-corrected chi connectivity index (χ2v) is 5.08. The molecule has 0 amide bonds. The van der Waals surface area contributed by atoms with Gasteiger partial charge in [-0.15, -0.1) is 0 Å². The molecule has 0 saturated carbocycles. The topological polar surface area (TPSA) is 40.5 Å². The molecule has 0 unspecified atom stereocenters. The van der Waals surface area contributed by atoms with E-state index in [9.17, 15) is 10.2 Å². The number of hydrogen-bond acceptors (Lipinski definition) is 2. The van der Waals surface area contributed by atoms with Crippen LogP contribution in [0.2, 0.25) is 0 Å². The highest BCUT2D eigenvalue weighted by molar-refractivity contribution is 5.93. The Balaban J connectivity index is 2.85. The zero-order valence-electron chi connectivity index (χ0n) is 9.78. The molecule has 0 fully saturated rings. The Morgan fingerprint density at radius 3 is 2.19 bits per heavy atom. The molecule has 0 bridgehead atoms. The van der Waals surface area contributed by atoms with E-state index in [0.717, 1.165) is 5.39 Å². The Bertz CT molecular complexity index is 536. The van der Waals surface area contributed by atoms with Gasteiger partial charge in [-0.05, 0) is 22.4 Å². The molecule has 2 rings (SSSR count). The van der Waals surface area contributed by atoms with Crippen LogP contribution in [0.3, 0.4) is 0 Å². The van der Waals surface area contributed by atoms with Gasteiger partial charge in [-0.3, -0.25) is 0 Å². The molecule has 0 aliphatic heterocycles. The molecule has 84 valence electrons. The number of phenols is 2. The Labute approximate surface area is 95.2 Å². The lowest BCUT2D eigenvalue weighted by molar-refractivity contribution is 0.408. The maximum atomic E-state index is 9.80. The summed E-state index contributed by atoms with van der Waals surface area (Å²) in [6.45, 7) is 6.39. The van der Waals surface area contributed by atoms with Gasteiger partial charge in [0.25, 0.3) is 0 Å². The SMILES string of the molecule is CC(C)(C)c1cccc2c(O)c(O)ccc12. The number of phenolic OH excluding ortho intramolecular Hbond substituents is 2. The average Bonchev–Trinajstić information content (AvgIpc) is 2.21. The minimum absolute atomic E-state index is 0.0168. The molecule has 0 heterocycles. The minimum atomic E-state index is -0.0708. The highest BCUT2D eigenvalue weighted by atomic mass is 16.3. The monoisotopic (exact) mass is 216 g/mol. The normalized spacial score (nSPS) is 11.9. The van der Waals surface area contributed by atoms with E-state index in [4.69, 9.17) is 0 Å². The minimum Gasteiger partial charge on any atom is -0.504 e. The molecular weight excluding hydrogens is 200 g/mol. The molecule has 2 aromatic carbocycles. The average molecular weight is 216 g/mol. The maximum Gasteiger partial charge on any atom is 0.165 e. The quantitative estimate of drug-likeness (QED) is 0.661. The van der Waals surface area contributed by atoms with Crippen molar-refractivity contribution >= 4 is 10.8 Å². The van der Waals surface area contributed by atoms with Crippen molar-refractivity contribution < 1.29 is 10.2 Å². The van der Waals surface area contributed by atoms with Crippen LogP contribution >= 0.6 is 0 Å². The largest absolute Gasteiger partial charge is 0.504 e. The van der Waals surface area contributed by atoms with Crippen molar-refractivity contribution in [1.82, 2.24) is 0 Å². The van der Waals surface area contributed by atoms with E-state index >= 15 is 0 Å². The zero-order valence-corrected chi connectivity index (χ0v) is 9.78. The summed E-state index contributed by atoms with van der Waals surface area (Å²) in [5.74, 6) is -0.109. The Morgan fingerprint density at radius 1 is 0.875 bits per heavy atom. The first-order chi connectivity index (χ1) is 7.41. The van der Waals surface area contributed by atoms with Crippen LogP contribution in [-0.2, 0) is 5.41 Å². The van der Waals surface area contributed by atoms with Crippen molar-refractivity contribution in [3.63, 3.8) is 0 Å². The number of benzene rings is 2. The standard InChI is InChI=1S/C14H16O2/c1-14(2,3)11-6-4-5-10-9(11)7-8-12(15)13(10)16/h4-8,15-16H,1-3H3. The van der Waals surface area contributed by atoms with E-state index in [-0.39, 0.29) is 16.9 Å². The molecule has 2 heteroatoms. The van der Waals surface area contributed by atoms with Crippen LogP contribution in [0, 0.1) is 0 Å². The summed E-state index contributed by atoms with van der Waals surface area (Å²) in [5.41, 5.74) is 1.18. The van der Waals surface area contributed by atoms with Gasteiger partial charge in [-0.1, -0.05) is 45.0 Å². The molecular formula is C14H16O2. The molecule has 0 aromatic heterocycles. The van der Waals surface area contributed by atoms with Crippen molar-refractivity contribution in [2.75, 3.05) is 0 Å². The molecule has 0 aliphatic rings. The fourth-order valence-electron chi connectivity index (χ4n) is 1.98. The fraction of sp³-hybridized carbons (Fsp3) is 0.286. The first-order valence-corrected chi connectivity index (χ1v) is 5.35. The predicted octanol–water partition coefficient (Wildman–Crippen LogP) is 3.55. The van der Waals surface area contributed by atoms with Gasteiger partial charge in [0, 0.05) is 5.39 Å². The molecule has 0 radical (unpaired) electrons. The maximum absolute atomic E-state index is 9.80. The number of rotatable bonds is 0. The van der Waals surface area contributed by atoms with Crippen LogP contribution in [0.1, 0.15) is 26.3 Å². The van der Waals surface area contributed by atoms with Crippen LogP contribution in [0.25, 0.3) is 10.8 Å². The Kier molecular flexibility index (Phi) is 2.30. The van der Waals surface area contributed by atoms with E-state index in [2.05, 4.69) is 26.8 Å². The van der Waals surface area contributed by atoms with E-state index in [1.165, 1.54) is 11.6 Å². The third-order valence-electron chi connectivity index (χ3n) is 2.82. The summed E-state index contributed by atoms with van der Waals surface area (Å²) in [6.07, 6.45) is 0. The lowest BCUT2D eigenvalue weighted by Gasteiger charge is -2.21. The molecule has 0 atom stereocenters. The van der Waals surface area contributed by atoms with Gasteiger partial charge < -0.3 is 10.2 Å². The number of hydrogen-bond donors (Lipinski definition) is 2. The van der Waals surface area contributed by atoms with Gasteiger partial charge in [-0.25, -0.2) is 0 Å². The van der Waals surface area contributed by atoms with Gasteiger partial charge in [0.1, 0.15) is 0 Å². The molecule has 2 nitrogen and oxygen atoms in total. The van der Waals surface area contributed by atoms with E-state index < -0.39 is 0 Å². The Morgan fingerprint density at radius 2 is 1.56 bits per heavy atom. The highest BCUT2D eigenvalue weighted by Crippen LogP contribution is 2.38. The molecule has 16 heavy (non-hydrogen) atoms. The van der Waals surface area contributed by atoms with Crippen LogP contribution in [-0.4, -0.2) is 10.2 Å². The summed E-state index contributed by atoms with van der Waals surface area (Å²) in [6, 6.07) is 9.17. The predicted molar refractivity (Wildman–Crippen MR) is 66.0 cm³/mol. The van der Waals surface area contributed by atoms with E-state index in [1.54, 1.807) is 0 Å². The lowest BCUT2D eigenvalue weighted by Crippen LogP contribution is -2.11. The van der Waals surface area contributed by atoms with Crippen molar-refractivity contribution in [3.05, 3.63) is 35.9 Å². The van der Waals surface area contributed by atoms with Crippen LogP contribution in [0.4, 0.5) is 0 Å². The second-order valence-electron chi connectivity index (χ2n) is 5.08. The summed E-state index contributed by atoms with van der Waals surface area (Å²) in [5, 5.41) is 21.0.